The molecule has 0 saturated heterocycles. The standard InChI is InChI=1S/C14H9F2N3S/c15-9-5-7-10(8-6-9)19-13(17-18-14(19)20)11-3-1-2-4-12(11)16/h1-8H,(H,18,20). The molecule has 6 heteroatoms. The van der Waals surface area contributed by atoms with E-state index >= 15 is 0 Å². The topological polar surface area (TPSA) is 33.6 Å². The van der Waals surface area contributed by atoms with E-state index in [0.29, 0.717) is 21.8 Å². The van der Waals surface area contributed by atoms with Gasteiger partial charge in [-0.1, -0.05) is 12.1 Å². The first-order chi connectivity index (χ1) is 9.66. The number of rotatable bonds is 2. The molecule has 0 radical (unpaired) electrons. The van der Waals surface area contributed by atoms with E-state index in [9.17, 15) is 8.78 Å². The Morgan fingerprint density at radius 2 is 1.70 bits per heavy atom. The van der Waals surface area contributed by atoms with Gasteiger partial charge in [-0.05, 0) is 48.6 Å². The maximum Gasteiger partial charge on any atom is 0.200 e. The minimum Gasteiger partial charge on any atom is -0.268 e. The van der Waals surface area contributed by atoms with Crippen molar-refractivity contribution in [3.63, 3.8) is 0 Å². The summed E-state index contributed by atoms with van der Waals surface area (Å²) in [6.45, 7) is 0. The first kappa shape index (κ1) is 12.7. The van der Waals surface area contributed by atoms with E-state index in [4.69, 9.17) is 12.2 Å². The van der Waals surface area contributed by atoms with E-state index in [1.807, 2.05) is 0 Å². The molecular weight excluding hydrogens is 280 g/mol. The van der Waals surface area contributed by atoms with Crippen molar-refractivity contribution >= 4 is 12.2 Å². The highest BCUT2D eigenvalue weighted by molar-refractivity contribution is 7.71. The van der Waals surface area contributed by atoms with Gasteiger partial charge in [-0.3, -0.25) is 9.67 Å². The third-order valence-electron chi connectivity index (χ3n) is 2.87. The number of halogens is 2. The van der Waals surface area contributed by atoms with E-state index in [0.717, 1.165) is 0 Å². The van der Waals surface area contributed by atoms with Crippen molar-refractivity contribution in [3.8, 4) is 17.1 Å². The van der Waals surface area contributed by atoms with Crippen LogP contribution >= 0.6 is 12.2 Å². The third kappa shape index (κ3) is 2.14. The molecule has 0 fully saturated rings. The van der Waals surface area contributed by atoms with Crippen LogP contribution in [0.15, 0.2) is 48.5 Å². The Morgan fingerprint density at radius 1 is 1.00 bits per heavy atom. The van der Waals surface area contributed by atoms with Crippen LogP contribution in [0.3, 0.4) is 0 Å². The Balaban J connectivity index is 2.23. The summed E-state index contributed by atoms with van der Waals surface area (Å²) in [7, 11) is 0. The lowest BCUT2D eigenvalue weighted by Gasteiger charge is -2.07. The largest absolute Gasteiger partial charge is 0.268 e. The number of H-pyrrole nitrogens is 1. The molecule has 0 aliphatic heterocycles. The van der Waals surface area contributed by atoms with Crippen LogP contribution in [0.5, 0.6) is 0 Å². The number of benzene rings is 2. The number of aromatic nitrogens is 3. The van der Waals surface area contributed by atoms with Crippen LogP contribution in [0.4, 0.5) is 8.78 Å². The second-order valence-corrected chi connectivity index (χ2v) is 4.53. The van der Waals surface area contributed by atoms with Crippen LogP contribution in [0.2, 0.25) is 0 Å². The molecule has 0 aliphatic rings. The maximum atomic E-state index is 13.9. The highest BCUT2D eigenvalue weighted by Gasteiger charge is 2.14. The van der Waals surface area contributed by atoms with Crippen LogP contribution in [0.1, 0.15) is 0 Å². The Labute approximate surface area is 118 Å². The summed E-state index contributed by atoms with van der Waals surface area (Å²) in [4.78, 5) is 0. The zero-order valence-corrected chi connectivity index (χ0v) is 11.0. The summed E-state index contributed by atoms with van der Waals surface area (Å²) in [5.74, 6) is -0.402. The second-order valence-electron chi connectivity index (χ2n) is 4.14. The molecular formula is C14H9F2N3S. The summed E-state index contributed by atoms with van der Waals surface area (Å²) < 4.78 is 28.8. The van der Waals surface area contributed by atoms with Gasteiger partial charge in [0.2, 0.25) is 0 Å². The fraction of sp³-hybridized carbons (Fsp3) is 0. The zero-order valence-electron chi connectivity index (χ0n) is 10.2. The van der Waals surface area contributed by atoms with Crippen LogP contribution in [-0.4, -0.2) is 14.8 Å². The molecule has 20 heavy (non-hydrogen) atoms. The first-order valence-corrected chi connectivity index (χ1v) is 6.26. The van der Waals surface area contributed by atoms with Crippen molar-refractivity contribution in [3.05, 3.63) is 64.9 Å². The van der Waals surface area contributed by atoms with E-state index in [1.165, 1.54) is 18.2 Å². The maximum absolute atomic E-state index is 13.9. The SMILES string of the molecule is Fc1ccc(-n2c(-c3ccccc3F)n[nH]c2=S)cc1. The van der Waals surface area contributed by atoms with Crippen molar-refractivity contribution < 1.29 is 8.78 Å². The lowest BCUT2D eigenvalue weighted by Crippen LogP contribution is -1.99. The predicted octanol–water partition coefficient (Wildman–Crippen LogP) is 3.88. The van der Waals surface area contributed by atoms with Crippen molar-refractivity contribution in [1.82, 2.24) is 14.8 Å². The van der Waals surface area contributed by atoms with E-state index in [-0.39, 0.29) is 5.82 Å². The van der Waals surface area contributed by atoms with Gasteiger partial charge in [0.1, 0.15) is 11.6 Å². The minimum atomic E-state index is -0.398. The van der Waals surface area contributed by atoms with Gasteiger partial charge in [-0.2, -0.15) is 5.10 Å². The Kier molecular flexibility index (Phi) is 3.15. The molecule has 1 aromatic heterocycles. The lowest BCUT2D eigenvalue weighted by molar-refractivity contribution is 0.626. The molecule has 0 aliphatic carbocycles. The predicted molar refractivity (Wildman–Crippen MR) is 74.1 cm³/mol. The number of aromatic amines is 1. The number of hydrogen-bond acceptors (Lipinski definition) is 2. The average Bonchev–Trinajstić information content (AvgIpc) is 2.82. The molecule has 0 saturated carbocycles. The quantitative estimate of drug-likeness (QED) is 0.726. The van der Waals surface area contributed by atoms with Crippen LogP contribution in [0.25, 0.3) is 17.1 Å². The van der Waals surface area contributed by atoms with Crippen molar-refractivity contribution in [2.45, 2.75) is 0 Å². The van der Waals surface area contributed by atoms with E-state index in [1.54, 1.807) is 34.9 Å². The molecule has 0 atom stereocenters. The van der Waals surface area contributed by atoms with Crippen molar-refractivity contribution in [2.75, 3.05) is 0 Å². The summed E-state index contributed by atoms with van der Waals surface area (Å²) in [6, 6.07) is 12.0. The van der Waals surface area contributed by atoms with Crippen LogP contribution < -0.4 is 0 Å². The minimum absolute atomic E-state index is 0.315. The van der Waals surface area contributed by atoms with Crippen molar-refractivity contribution in [1.29, 1.82) is 0 Å². The zero-order chi connectivity index (χ0) is 14.1. The molecule has 0 spiro atoms. The molecule has 1 N–H and O–H groups in total. The summed E-state index contributed by atoms with van der Waals surface area (Å²) in [6.07, 6.45) is 0. The Hall–Kier alpha value is -2.34. The summed E-state index contributed by atoms with van der Waals surface area (Å²) >= 11 is 5.16. The second kappa shape index (κ2) is 4.97. The van der Waals surface area contributed by atoms with Gasteiger partial charge in [0.25, 0.3) is 0 Å². The molecule has 0 bridgehead atoms. The third-order valence-corrected chi connectivity index (χ3v) is 3.15. The first-order valence-electron chi connectivity index (χ1n) is 5.85. The van der Waals surface area contributed by atoms with Crippen molar-refractivity contribution in [2.24, 2.45) is 0 Å². The van der Waals surface area contributed by atoms with Gasteiger partial charge in [0, 0.05) is 0 Å². The highest BCUT2D eigenvalue weighted by atomic mass is 32.1. The average molecular weight is 289 g/mol. The highest BCUT2D eigenvalue weighted by Crippen LogP contribution is 2.23. The van der Waals surface area contributed by atoms with E-state index in [2.05, 4.69) is 10.2 Å². The normalized spacial score (nSPS) is 10.7. The molecule has 0 amide bonds. The molecule has 0 unspecified atom stereocenters. The van der Waals surface area contributed by atoms with Gasteiger partial charge in [0.05, 0.1) is 11.3 Å². The van der Waals surface area contributed by atoms with Gasteiger partial charge in [-0.15, -0.1) is 0 Å². The molecule has 100 valence electrons. The van der Waals surface area contributed by atoms with Gasteiger partial charge in [0.15, 0.2) is 10.6 Å². The fourth-order valence-electron chi connectivity index (χ4n) is 1.95. The summed E-state index contributed by atoms with van der Waals surface area (Å²) in [5.41, 5.74) is 0.938. The molecule has 3 nitrogen and oxygen atoms in total. The monoisotopic (exact) mass is 289 g/mol. The van der Waals surface area contributed by atoms with Crippen LogP contribution in [0, 0.1) is 16.4 Å². The van der Waals surface area contributed by atoms with Gasteiger partial charge < -0.3 is 0 Å². The number of nitrogens with zero attached hydrogens (tertiary/aromatic N) is 2. The Bertz CT molecular complexity index is 806. The number of nitrogens with one attached hydrogen (secondary N) is 1. The fourth-order valence-corrected chi connectivity index (χ4v) is 2.19. The summed E-state index contributed by atoms with van der Waals surface area (Å²) in [5, 5.41) is 6.69. The lowest BCUT2D eigenvalue weighted by atomic mass is 10.2. The molecule has 3 rings (SSSR count). The van der Waals surface area contributed by atoms with Crippen LogP contribution in [-0.2, 0) is 0 Å². The van der Waals surface area contributed by atoms with E-state index < -0.39 is 5.82 Å². The molecule has 2 aromatic carbocycles. The van der Waals surface area contributed by atoms with Gasteiger partial charge in [-0.25, -0.2) is 8.78 Å². The van der Waals surface area contributed by atoms with Gasteiger partial charge >= 0.3 is 0 Å². The Morgan fingerprint density at radius 3 is 2.40 bits per heavy atom. The number of hydrogen-bond donors (Lipinski definition) is 1. The molecule has 1 heterocycles. The smallest absolute Gasteiger partial charge is 0.200 e. The molecule has 3 aromatic rings.